The van der Waals surface area contributed by atoms with E-state index >= 15 is 0 Å². The molecular weight excluding hydrogens is 402 g/mol. The van der Waals surface area contributed by atoms with Crippen LogP contribution >= 0.6 is 11.8 Å². The van der Waals surface area contributed by atoms with Gasteiger partial charge in [0.05, 0.1) is 29.1 Å². The van der Waals surface area contributed by atoms with E-state index in [-0.39, 0.29) is 34.8 Å². The smallest absolute Gasteiger partial charge is 0.262 e. The van der Waals surface area contributed by atoms with Crippen LogP contribution in [0.25, 0.3) is 16.7 Å². The number of thioether (sulfide) groups is 1. The molecule has 9 nitrogen and oxygen atoms in total. The van der Waals surface area contributed by atoms with Crippen LogP contribution in [0.1, 0.15) is 6.42 Å². The molecule has 1 amide bonds. The summed E-state index contributed by atoms with van der Waals surface area (Å²) in [6, 6.07) is 8.95. The Morgan fingerprint density at radius 1 is 1.32 bits per heavy atom. The van der Waals surface area contributed by atoms with Crippen molar-refractivity contribution in [2.75, 3.05) is 17.3 Å². The van der Waals surface area contributed by atoms with Crippen molar-refractivity contribution in [2.45, 2.75) is 17.6 Å². The van der Waals surface area contributed by atoms with Gasteiger partial charge in [-0.3, -0.25) is 9.59 Å². The molecule has 0 radical (unpaired) electrons. The number of sulfone groups is 1. The summed E-state index contributed by atoms with van der Waals surface area (Å²) in [4.78, 5) is 31.5. The Bertz CT molecular complexity index is 1190. The predicted octanol–water partition coefficient (Wildman–Crippen LogP) is 0.504. The SMILES string of the molecule is O=C(CSc1nc2c(cnn2-c2ccccc2)c(=O)[nH]1)NC1CCS(=O)(=O)C1. The van der Waals surface area contributed by atoms with E-state index in [2.05, 4.69) is 20.4 Å². The molecular formula is C17H17N5O4S2. The van der Waals surface area contributed by atoms with E-state index in [9.17, 15) is 18.0 Å². The van der Waals surface area contributed by atoms with Crippen molar-refractivity contribution in [1.82, 2.24) is 25.1 Å². The summed E-state index contributed by atoms with van der Waals surface area (Å²) in [5.41, 5.74) is 0.837. The molecule has 1 saturated heterocycles. The average molecular weight is 419 g/mol. The summed E-state index contributed by atoms with van der Waals surface area (Å²) in [5, 5.41) is 7.60. The number of H-pyrrole nitrogens is 1. The van der Waals surface area contributed by atoms with Gasteiger partial charge in [0.1, 0.15) is 5.39 Å². The number of fused-ring (bicyclic) bond motifs is 1. The fourth-order valence-corrected chi connectivity index (χ4v) is 5.38. The number of hydrogen-bond acceptors (Lipinski definition) is 7. The van der Waals surface area contributed by atoms with E-state index in [1.54, 1.807) is 4.68 Å². The molecule has 0 spiro atoms. The van der Waals surface area contributed by atoms with Gasteiger partial charge >= 0.3 is 0 Å². The third-order valence-electron chi connectivity index (χ3n) is 4.35. The molecule has 1 aliphatic heterocycles. The average Bonchev–Trinajstić information content (AvgIpc) is 3.24. The van der Waals surface area contributed by atoms with Crippen LogP contribution in [0.15, 0.2) is 46.5 Å². The minimum atomic E-state index is -3.05. The quantitative estimate of drug-likeness (QED) is 0.455. The van der Waals surface area contributed by atoms with E-state index < -0.39 is 9.84 Å². The van der Waals surface area contributed by atoms with Gasteiger partial charge < -0.3 is 10.3 Å². The first-order valence-corrected chi connectivity index (χ1v) is 11.4. The summed E-state index contributed by atoms with van der Waals surface area (Å²) in [7, 11) is -3.05. The van der Waals surface area contributed by atoms with E-state index in [0.717, 1.165) is 17.4 Å². The van der Waals surface area contributed by atoms with Gasteiger partial charge in [0.25, 0.3) is 5.56 Å². The van der Waals surface area contributed by atoms with E-state index in [0.29, 0.717) is 22.6 Å². The van der Waals surface area contributed by atoms with Crippen LogP contribution in [-0.2, 0) is 14.6 Å². The second-order valence-electron chi connectivity index (χ2n) is 6.46. The van der Waals surface area contributed by atoms with Gasteiger partial charge in [-0.1, -0.05) is 30.0 Å². The van der Waals surface area contributed by atoms with Gasteiger partial charge in [-0.2, -0.15) is 5.10 Å². The number of nitrogens with zero attached hydrogens (tertiary/aromatic N) is 3. The number of rotatable bonds is 5. The minimum absolute atomic E-state index is 0.0183. The van der Waals surface area contributed by atoms with Crippen molar-refractivity contribution in [1.29, 1.82) is 0 Å². The van der Waals surface area contributed by atoms with Crippen molar-refractivity contribution < 1.29 is 13.2 Å². The third kappa shape index (κ3) is 3.94. The molecule has 1 aromatic carbocycles. The van der Waals surface area contributed by atoms with Crippen LogP contribution in [-0.4, -0.2) is 57.4 Å². The number of para-hydroxylation sites is 1. The van der Waals surface area contributed by atoms with E-state index in [4.69, 9.17) is 0 Å². The second-order valence-corrected chi connectivity index (χ2v) is 9.65. The molecule has 0 saturated carbocycles. The fraction of sp³-hybridized carbons (Fsp3) is 0.294. The van der Waals surface area contributed by atoms with Crippen LogP contribution in [0.4, 0.5) is 0 Å². The number of carbonyl (C=O) groups is 1. The first-order valence-electron chi connectivity index (χ1n) is 8.57. The van der Waals surface area contributed by atoms with Crippen LogP contribution in [0.5, 0.6) is 0 Å². The highest BCUT2D eigenvalue weighted by Gasteiger charge is 2.28. The number of benzene rings is 1. The molecule has 146 valence electrons. The minimum Gasteiger partial charge on any atom is -0.352 e. The molecule has 3 aromatic rings. The molecule has 4 rings (SSSR count). The summed E-state index contributed by atoms with van der Waals surface area (Å²) < 4.78 is 24.5. The van der Waals surface area contributed by atoms with Gasteiger partial charge in [0.15, 0.2) is 20.6 Å². The molecule has 11 heteroatoms. The zero-order valence-electron chi connectivity index (χ0n) is 14.7. The lowest BCUT2D eigenvalue weighted by Gasteiger charge is -2.10. The van der Waals surface area contributed by atoms with Crippen molar-refractivity contribution in [3.63, 3.8) is 0 Å². The standard InChI is InChI=1S/C17H17N5O4S2/c23-14(19-11-6-7-28(25,26)10-11)9-27-17-20-15-13(16(24)21-17)8-18-22(15)12-4-2-1-3-5-12/h1-5,8,11H,6-7,9-10H2,(H,19,23)(H,20,21,24). The highest BCUT2D eigenvalue weighted by molar-refractivity contribution is 7.99. The van der Waals surface area contributed by atoms with Gasteiger partial charge in [-0.25, -0.2) is 18.1 Å². The van der Waals surface area contributed by atoms with Crippen molar-refractivity contribution in [3.8, 4) is 5.69 Å². The summed E-state index contributed by atoms with van der Waals surface area (Å²) in [6.07, 6.45) is 1.88. The Morgan fingerprint density at radius 2 is 2.11 bits per heavy atom. The molecule has 2 N–H and O–H groups in total. The molecule has 0 bridgehead atoms. The Hall–Kier alpha value is -2.66. The zero-order chi connectivity index (χ0) is 19.7. The summed E-state index contributed by atoms with van der Waals surface area (Å²) in [6.45, 7) is 0. The lowest BCUT2D eigenvalue weighted by molar-refractivity contribution is -0.119. The number of carbonyl (C=O) groups excluding carboxylic acids is 1. The summed E-state index contributed by atoms with van der Waals surface area (Å²) >= 11 is 1.08. The number of hydrogen-bond donors (Lipinski definition) is 2. The largest absolute Gasteiger partial charge is 0.352 e. The molecule has 28 heavy (non-hydrogen) atoms. The van der Waals surface area contributed by atoms with Gasteiger partial charge in [0, 0.05) is 6.04 Å². The number of aromatic amines is 1. The van der Waals surface area contributed by atoms with Crippen LogP contribution < -0.4 is 10.9 Å². The molecule has 1 unspecified atom stereocenters. The molecule has 2 aromatic heterocycles. The summed E-state index contributed by atoms with van der Waals surface area (Å²) in [5.74, 6) is -0.211. The van der Waals surface area contributed by atoms with Crippen molar-refractivity contribution in [3.05, 3.63) is 46.9 Å². The first kappa shape index (κ1) is 18.7. The highest BCUT2D eigenvalue weighted by atomic mass is 32.2. The second kappa shape index (κ2) is 7.40. The number of nitrogens with one attached hydrogen (secondary N) is 2. The predicted molar refractivity (Wildman–Crippen MR) is 105 cm³/mol. The lowest BCUT2D eigenvalue weighted by atomic mass is 10.3. The normalized spacial score (nSPS) is 18.4. The molecule has 1 atom stereocenters. The Balaban J connectivity index is 1.50. The fourth-order valence-electron chi connectivity index (χ4n) is 3.04. The topological polar surface area (TPSA) is 127 Å². The number of amides is 1. The van der Waals surface area contributed by atoms with Crippen LogP contribution in [0.3, 0.4) is 0 Å². The van der Waals surface area contributed by atoms with E-state index in [1.165, 1.54) is 6.20 Å². The third-order valence-corrected chi connectivity index (χ3v) is 7.00. The molecule has 1 fully saturated rings. The highest BCUT2D eigenvalue weighted by Crippen LogP contribution is 2.18. The molecule has 1 aliphatic rings. The van der Waals surface area contributed by atoms with E-state index in [1.807, 2.05) is 30.3 Å². The lowest BCUT2D eigenvalue weighted by Crippen LogP contribution is -2.36. The van der Waals surface area contributed by atoms with Gasteiger partial charge in [0.2, 0.25) is 5.91 Å². The monoisotopic (exact) mass is 419 g/mol. The zero-order valence-corrected chi connectivity index (χ0v) is 16.3. The Labute approximate surface area is 164 Å². The van der Waals surface area contributed by atoms with Gasteiger partial charge in [-0.05, 0) is 18.6 Å². The Kier molecular flexibility index (Phi) is 4.94. The van der Waals surface area contributed by atoms with Crippen LogP contribution in [0, 0.1) is 0 Å². The van der Waals surface area contributed by atoms with Crippen LogP contribution in [0.2, 0.25) is 0 Å². The molecule has 0 aliphatic carbocycles. The number of aromatic nitrogens is 4. The molecule has 3 heterocycles. The maximum absolute atomic E-state index is 12.3. The Morgan fingerprint density at radius 3 is 2.82 bits per heavy atom. The van der Waals surface area contributed by atoms with Crippen molar-refractivity contribution >= 4 is 38.5 Å². The maximum atomic E-state index is 12.3. The maximum Gasteiger partial charge on any atom is 0.262 e. The van der Waals surface area contributed by atoms with Gasteiger partial charge in [-0.15, -0.1) is 0 Å². The van der Waals surface area contributed by atoms with Crippen molar-refractivity contribution in [2.24, 2.45) is 0 Å². The first-order chi connectivity index (χ1) is 13.4.